The van der Waals surface area contributed by atoms with Crippen molar-refractivity contribution < 1.29 is 21.9 Å². The van der Waals surface area contributed by atoms with Crippen LogP contribution < -0.4 is 10.0 Å². The minimum Gasteiger partial charge on any atom is -0.379 e. The Morgan fingerprint density at radius 2 is 2.10 bits per heavy atom. The lowest BCUT2D eigenvalue weighted by atomic mass is 10.0. The zero-order chi connectivity index (χ0) is 15.7. The van der Waals surface area contributed by atoms with Crippen LogP contribution in [0.1, 0.15) is 18.9 Å². The van der Waals surface area contributed by atoms with Crippen molar-refractivity contribution in [1.29, 1.82) is 0 Å². The molecule has 0 radical (unpaired) electrons. The van der Waals surface area contributed by atoms with Crippen LogP contribution in [0, 0.1) is 11.6 Å². The van der Waals surface area contributed by atoms with Gasteiger partial charge in [-0.05, 0) is 32.5 Å². The smallest absolute Gasteiger partial charge is 0.244 e. The second-order valence-electron chi connectivity index (χ2n) is 5.34. The van der Waals surface area contributed by atoms with Gasteiger partial charge in [0.25, 0.3) is 0 Å². The molecule has 0 saturated carbocycles. The largest absolute Gasteiger partial charge is 0.379 e. The minimum absolute atomic E-state index is 0.0958. The van der Waals surface area contributed by atoms with E-state index in [0.29, 0.717) is 13.0 Å². The Labute approximate surface area is 122 Å². The van der Waals surface area contributed by atoms with Gasteiger partial charge >= 0.3 is 0 Å². The fourth-order valence-corrected chi connectivity index (χ4v) is 3.78. The highest BCUT2D eigenvalue weighted by molar-refractivity contribution is 7.89. The summed E-state index contributed by atoms with van der Waals surface area (Å²) in [5.41, 5.74) is -1.07. The van der Waals surface area contributed by atoms with E-state index < -0.39 is 32.1 Å². The summed E-state index contributed by atoms with van der Waals surface area (Å²) in [4.78, 5) is -0.553. The van der Waals surface area contributed by atoms with E-state index in [1.165, 1.54) is 7.05 Å². The van der Waals surface area contributed by atoms with Gasteiger partial charge in [-0.15, -0.1) is 0 Å². The molecule has 1 aromatic rings. The normalized spacial score (nSPS) is 22.7. The fraction of sp³-hybridized carbons (Fsp3) is 0.538. The van der Waals surface area contributed by atoms with E-state index in [-0.39, 0.29) is 18.7 Å². The molecule has 1 fully saturated rings. The van der Waals surface area contributed by atoms with Crippen molar-refractivity contribution in [3.05, 3.63) is 29.3 Å². The van der Waals surface area contributed by atoms with Crippen molar-refractivity contribution in [1.82, 2.24) is 10.0 Å². The number of hydrogen-bond acceptors (Lipinski definition) is 4. The van der Waals surface area contributed by atoms with E-state index in [2.05, 4.69) is 10.0 Å². The Morgan fingerprint density at radius 3 is 2.67 bits per heavy atom. The molecule has 8 heteroatoms. The molecule has 1 saturated heterocycles. The van der Waals surface area contributed by atoms with Gasteiger partial charge in [-0.3, -0.25) is 0 Å². The van der Waals surface area contributed by atoms with Gasteiger partial charge in [0.1, 0.15) is 10.7 Å². The first-order valence-electron chi connectivity index (χ1n) is 6.52. The van der Waals surface area contributed by atoms with Crippen molar-refractivity contribution in [3.8, 4) is 0 Å². The molecule has 0 aromatic heterocycles. The molecule has 2 N–H and O–H groups in total. The van der Waals surface area contributed by atoms with E-state index in [1.807, 2.05) is 0 Å². The average Bonchev–Trinajstić information content (AvgIpc) is 2.79. The molecule has 2 rings (SSSR count). The lowest BCUT2D eigenvalue weighted by Gasteiger charge is -2.23. The van der Waals surface area contributed by atoms with Crippen LogP contribution in [0.4, 0.5) is 8.78 Å². The number of rotatable bonds is 5. The molecule has 0 bridgehead atoms. The second-order valence-corrected chi connectivity index (χ2v) is 6.99. The summed E-state index contributed by atoms with van der Waals surface area (Å²) in [6.45, 7) is 2.25. The molecule has 5 nitrogen and oxygen atoms in total. The van der Waals surface area contributed by atoms with E-state index in [4.69, 9.17) is 4.74 Å². The number of halogens is 2. The van der Waals surface area contributed by atoms with Crippen LogP contribution in [-0.2, 0) is 21.3 Å². The Hall–Kier alpha value is -1.09. The summed E-state index contributed by atoms with van der Waals surface area (Å²) >= 11 is 0. The Kier molecular flexibility index (Phi) is 4.62. The highest BCUT2D eigenvalue weighted by atomic mass is 32.2. The molecule has 0 aliphatic carbocycles. The number of hydrogen-bond donors (Lipinski definition) is 2. The minimum atomic E-state index is -4.09. The van der Waals surface area contributed by atoms with Crippen LogP contribution in [0.2, 0.25) is 0 Å². The zero-order valence-corrected chi connectivity index (χ0v) is 12.7. The predicted octanol–water partition coefficient (Wildman–Crippen LogP) is 1.14. The van der Waals surface area contributed by atoms with Crippen LogP contribution in [0.3, 0.4) is 0 Å². The molecule has 21 heavy (non-hydrogen) atoms. The molecule has 1 unspecified atom stereocenters. The maximum atomic E-state index is 14.3. The van der Waals surface area contributed by atoms with Crippen molar-refractivity contribution in [2.24, 2.45) is 0 Å². The quantitative estimate of drug-likeness (QED) is 0.854. The fourth-order valence-electron chi connectivity index (χ4n) is 2.25. The molecule has 1 aromatic carbocycles. The second kappa shape index (κ2) is 5.96. The van der Waals surface area contributed by atoms with Crippen molar-refractivity contribution in [2.45, 2.75) is 30.3 Å². The maximum Gasteiger partial charge on any atom is 0.244 e. The summed E-state index contributed by atoms with van der Waals surface area (Å²) in [7, 11) is -2.57. The molecule has 1 heterocycles. The van der Waals surface area contributed by atoms with E-state index in [0.717, 1.165) is 12.1 Å². The molecule has 1 atom stereocenters. The number of nitrogens with one attached hydrogen (secondary N) is 2. The first kappa shape index (κ1) is 16.3. The third-order valence-electron chi connectivity index (χ3n) is 3.39. The third kappa shape index (κ3) is 3.39. The van der Waals surface area contributed by atoms with Gasteiger partial charge in [-0.1, -0.05) is 0 Å². The topological polar surface area (TPSA) is 67.4 Å². The summed E-state index contributed by atoms with van der Waals surface area (Å²) in [5.74, 6) is -1.85. The van der Waals surface area contributed by atoms with Crippen molar-refractivity contribution in [2.75, 3.05) is 20.3 Å². The Balaban J connectivity index is 2.38. The molecule has 1 aliphatic rings. The number of benzene rings is 1. The SMILES string of the molecule is CNCc1c(F)ccc(S(=O)(=O)NC2(C)CCOC2)c1F. The zero-order valence-electron chi connectivity index (χ0n) is 11.9. The highest BCUT2D eigenvalue weighted by Gasteiger charge is 2.36. The molecular weight excluding hydrogens is 302 g/mol. The van der Waals surface area contributed by atoms with Crippen molar-refractivity contribution >= 4 is 10.0 Å². The van der Waals surface area contributed by atoms with Gasteiger partial charge in [-0.25, -0.2) is 21.9 Å². The van der Waals surface area contributed by atoms with Crippen LogP contribution in [-0.4, -0.2) is 34.2 Å². The first-order chi connectivity index (χ1) is 9.79. The lowest BCUT2D eigenvalue weighted by molar-refractivity contribution is 0.178. The number of ether oxygens (including phenoxy) is 1. The van der Waals surface area contributed by atoms with Crippen LogP contribution >= 0.6 is 0 Å². The van der Waals surface area contributed by atoms with Gasteiger partial charge in [-0.2, -0.15) is 0 Å². The summed E-state index contributed by atoms with van der Waals surface area (Å²) in [5, 5.41) is 2.61. The highest BCUT2D eigenvalue weighted by Crippen LogP contribution is 2.25. The number of sulfonamides is 1. The standard InChI is InChI=1S/C13H18F2N2O3S/c1-13(5-6-20-8-13)17-21(18,19)11-4-3-10(14)9(7-16-2)12(11)15/h3-4,16-17H,5-8H2,1-2H3. The van der Waals surface area contributed by atoms with Gasteiger partial charge in [0, 0.05) is 18.7 Å². The monoisotopic (exact) mass is 320 g/mol. The lowest BCUT2D eigenvalue weighted by Crippen LogP contribution is -2.46. The molecule has 0 spiro atoms. The van der Waals surface area contributed by atoms with Crippen LogP contribution in [0.15, 0.2) is 17.0 Å². The third-order valence-corrected chi connectivity index (χ3v) is 5.05. The van der Waals surface area contributed by atoms with Gasteiger partial charge in [0.2, 0.25) is 10.0 Å². The van der Waals surface area contributed by atoms with Crippen molar-refractivity contribution in [3.63, 3.8) is 0 Å². The van der Waals surface area contributed by atoms with Gasteiger partial charge in [0.15, 0.2) is 5.82 Å². The maximum absolute atomic E-state index is 14.3. The van der Waals surface area contributed by atoms with Crippen LogP contribution in [0.5, 0.6) is 0 Å². The Morgan fingerprint density at radius 1 is 1.38 bits per heavy atom. The molecule has 1 aliphatic heterocycles. The van der Waals surface area contributed by atoms with Gasteiger partial charge < -0.3 is 10.1 Å². The van der Waals surface area contributed by atoms with Gasteiger partial charge in [0.05, 0.1) is 12.1 Å². The van der Waals surface area contributed by atoms with E-state index >= 15 is 0 Å². The summed E-state index contributed by atoms with van der Waals surface area (Å²) < 4.78 is 60.1. The van der Waals surface area contributed by atoms with E-state index in [1.54, 1.807) is 6.92 Å². The average molecular weight is 320 g/mol. The summed E-state index contributed by atoms with van der Waals surface area (Å²) in [6, 6.07) is 1.89. The van der Waals surface area contributed by atoms with E-state index in [9.17, 15) is 17.2 Å². The first-order valence-corrected chi connectivity index (χ1v) is 8.00. The Bertz CT molecular complexity index is 629. The molecular formula is C13H18F2N2O3S. The molecule has 0 amide bonds. The summed E-state index contributed by atoms with van der Waals surface area (Å²) in [6.07, 6.45) is 0.498. The van der Waals surface area contributed by atoms with Crippen LogP contribution in [0.25, 0.3) is 0 Å². The predicted molar refractivity (Wildman–Crippen MR) is 73.3 cm³/mol. The molecule has 118 valence electrons.